The van der Waals surface area contributed by atoms with Gasteiger partial charge in [0.2, 0.25) is 0 Å². The first-order chi connectivity index (χ1) is 4.39. The van der Waals surface area contributed by atoms with E-state index in [4.69, 9.17) is 5.73 Å². The van der Waals surface area contributed by atoms with E-state index in [1.54, 1.807) is 0 Å². The normalized spacial score (nSPS) is 18.6. The van der Waals surface area contributed by atoms with Crippen LogP contribution in [-0.2, 0) is 0 Å². The van der Waals surface area contributed by atoms with Gasteiger partial charge in [-0.15, -0.1) is 0 Å². The lowest BCUT2D eigenvalue weighted by Crippen LogP contribution is -2.33. The molecule has 2 atom stereocenters. The van der Waals surface area contributed by atoms with E-state index in [2.05, 4.69) is 34.6 Å². The van der Waals surface area contributed by atoms with E-state index in [-0.39, 0.29) is 11.5 Å². The molecule has 0 aromatic rings. The van der Waals surface area contributed by atoms with Gasteiger partial charge in [0, 0.05) is 6.04 Å². The molecule has 2 unspecified atom stereocenters. The summed E-state index contributed by atoms with van der Waals surface area (Å²) < 4.78 is 0. The summed E-state index contributed by atoms with van der Waals surface area (Å²) >= 11 is 0. The van der Waals surface area contributed by atoms with Crippen LogP contribution in [0.3, 0.4) is 0 Å². The van der Waals surface area contributed by atoms with Gasteiger partial charge in [0.25, 0.3) is 0 Å². The zero-order valence-electron chi connectivity index (χ0n) is 7.86. The van der Waals surface area contributed by atoms with Crippen molar-refractivity contribution >= 4 is 0 Å². The monoisotopic (exact) mass is 142 g/mol. The molecule has 1 N–H and O–H groups in total. The van der Waals surface area contributed by atoms with Crippen molar-refractivity contribution in [3.63, 3.8) is 0 Å². The summed E-state index contributed by atoms with van der Waals surface area (Å²) in [4.78, 5) is 0. The fraction of sp³-hybridized carbons (Fsp3) is 1.00. The predicted molar refractivity (Wildman–Crippen MR) is 45.8 cm³/mol. The number of hydrogen-bond acceptors (Lipinski definition) is 0. The summed E-state index contributed by atoms with van der Waals surface area (Å²) in [5.74, 6) is 0.528. The van der Waals surface area contributed by atoms with Crippen LogP contribution in [0.5, 0.6) is 0 Å². The Kier molecular flexibility index (Phi) is 3.37. The molecule has 0 aromatic carbocycles. The van der Waals surface area contributed by atoms with E-state index in [0.717, 1.165) is 6.42 Å². The molecule has 0 bridgehead atoms. The van der Waals surface area contributed by atoms with Gasteiger partial charge in [-0.25, -0.2) is 0 Å². The van der Waals surface area contributed by atoms with E-state index in [1.165, 1.54) is 0 Å². The minimum atomic E-state index is 0.0810. The molecule has 61 valence electrons. The Labute approximate surface area is 65.0 Å². The maximum absolute atomic E-state index is 7.83. The Morgan fingerprint density at radius 2 is 1.70 bits per heavy atom. The van der Waals surface area contributed by atoms with Gasteiger partial charge in [-0.3, -0.25) is 5.73 Å². The van der Waals surface area contributed by atoms with Crippen LogP contribution in [0.25, 0.3) is 0 Å². The summed E-state index contributed by atoms with van der Waals surface area (Å²) in [6, 6.07) is 0.0810. The molecular weight excluding hydrogens is 122 g/mol. The second-order valence-electron chi connectivity index (χ2n) is 4.23. The molecule has 0 spiro atoms. The minimum absolute atomic E-state index is 0.0810. The SMILES string of the molecule is CCC(C)C([NH])C(C)(C)C. The second kappa shape index (κ2) is 3.38. The first-order valence-corrected chi connectivity index (χ1v) is 4.10. The number of hydrogen-bond donors (Lipinski definition) is 0. The molecule has 0 aromatic heterocycles. The molecule has 0 saturated carbocycles. The highest BCUT2D eigenvalue weighted by Crippen LogP contribution is 2.25. The van der Waals surface area contributed by atoms with Crippen LogP contribution in [0.15, 0.2) is 0 Å². The van der Waals surface area contributed by atoms with Crippen molar-refractivity contribution in [2.24, 2.45) is 11.3 Å². The molecule has 1 radical (unpaired) electrons. The van der Waals surface area contributed by atoms with Crippen LogP contribution in [-0.4, -0.2) is 6.04 Å². The molecular formula is C9H20N. The molecule has 0 aliphatic carbocycles. The zero-order chi connectivity index (χ0) is 8.36. The third-order valence-electron chi connectivity index (χ3n) is 2.15. The molecule has 0 saturated heterocycles. The molecule has 0 aliphatic heterocycles. The van der Waals surface area contributed by atoms with Crippen molar-refractivity contribution in [1.29, 1.82) is 0 Å². The average molecular weight is 142 g/mol. The fourth-order valence-electron chi connectivity index (χ4n) is 1.09. The van der Waals surface area contributed by atoms with Gasteiger partial charge in [-0.05, 0) is 11.3 Å². The van der Waals surface area contributed by atoms with Gasteiger partial charge in [-0.2, -0.15) is 0 Å². The molecule has 0 fully saturated rings. The minimum Gasteiger partial charge on any atom is -0.254 e. The van der Waals surface area contributed by atoms with E-state index in [0.29, 0.717) is 5.92 Å². The lowest BCUT2D eigenvalue weighted by Gasteiger charge is -2.30. The molecule has 1 nitrogen and oxygen atoms in total. The maximum Gasteiger partial charge on any atom is 0.0286 e. The number of rotatable bonds is 2. The molecule has 1 heteroatoms. The Hall–Kier alpha value is -0.0400. The Bertz CT molecular complexity index is 91.4. The maximum atomic E-state index is 7.83. The molecule has 0 amide bonds. The molecule has 10 heavy (non-hydrogen) atoms. The number of nitrogens with one attached hydrogen (secondary N) is 1. The van der Waals surface area contributed by atoms with Crippen molar-refractivity contribution in [3.8, 4) is 0 Å². The fourth-order valence-corrected chi connectivity index (χ4v) is 1.09. The summed E-state index contributed by atoms with van der Waals surface area (Å²) in [5, 5.41) is 0. The summed E-state index contributed by atoms with van der Waals surface area (Å²) in [6.07, 6.45) is 1.12. The van der Waals surface area contributed by atoms with Gasteiger partial charge in [0.05, 0.1) is 0 Å². The lowest BCUT2D eigenvalue weighted by molar-refractivity contribution is 0.236. The third-order valence-corrected chi connectivity index (χ3v) is 2.15. The molecule has 0 rings (SSSR count). The quantitative estimate of drug-likeness (QED) is 0.566. The molecule has 0 heterocycles. The Morgan fingerprint density at radius 1 is 1.30 bits per heavy atom. The van der Waals surface area contributed by atoms with E-state index in [9.17, 15) is 0 Å². The van der Waals surface area contributed by atoms with Crippen LogP contribution < -0.4 is 5.73 Å². The van der Waals surface area contributed by atoms with Crippen LogP contribution >= 0.6 is 0 Å². The summed E-state index contributed by atoms with van der Waals surface area (Å²) in [6.45, 7) is 10.7. The Balaban J connectivity index is 3.94. The standard InChI is InChI=1S/C9H20N/c1-6-7(2)8(10)9(3,4)5/h7-8,10H,6H2,1-5H3. The van der Waals surface area contributed by atoms with Crippen molar-refractivity contribution in [2.45, 2.75) is 47.1 Å². The van der Waals surface area contributed by atoms with Gasteiger partial charge in [0.15, 0.2) is 0 Å². The summed E-state index contributed by atoms with van der Waals surface area (Å²) in [7, 11) is 0. The van der Waals surface area contributed by atoms with Crippen molar-refractivity contribution < 1.29 is 0 Å². The second-order valence-corrected chi connectivity index (χ2v) is 4.23. The van der Waals surface area contributed by atoms with Crippen LogP contribution in [0.4, 0.5) is 0 Å². The highest BCUT2D eigenvalue weighted by Gasteiger charge is 2.25. The van der Waals surface area contributed by atoms with Crippen LogP contribution in [0.2, 0.25) is 0 Å². The van der Waals surface area contributed by atoms with Gasteiger partial charge in [-0.1, -0.05) is 41.0 Å². The van der Waals surface area contributed by atoms with E-state index >= 15 is 0 Å². The Morgan fingerprint density at radius 3 is 1.80 bits per heavy atom. The van der Waals surface area contributed by atoms with E-state index < -0.39 is 0 Å². The average Bonchev–Trinajstić information content (AvgIpc) is 1.83. The zero-order valence-corrected chi connectivity index (χ0v) is 7.86. The van der Waals surface area contributed by atoms with Gasteiger partial charge in [0.1, 0.15) is 0 Å². The highest BCUT2D eigenvalue weighted by atomic mass is 14.7. The van der Waals surface area contributed by atoms with Gasteiger partial charge < -0.3 is 0 Å². The first kappa shape index (κ1) is 9.96. The van der Waals surface area contributed by atoms with Crippen molar-refractivity contribution in [1.82, 2.24) is 5.73 Å². The predicted octanol–water partition coefficient (Wildman–Crippen LogP) is 2.73. The molecule has 0 aliphatic rings. The van der Waals surface area contributed by atoms with Crippen molar-refractivity contribution in [2.75, 3.05) is 0 Å². The first-order valence-electron chi connectivity index (χ1n) is 4.10. The summed E-state index contributed by atoms with van der Waals surface area (Å²) in [5.41, 5.74) is 7.98. The van der Waals surface area contributed by atoms with Crippen molar-refractivity contribution in [3.05, 3.63) is 0 Å². The van der Waals surface area contributed by atoms with Crippen LogP contribution in [0.1, 0.15) is 41.0 Å². The smallest absolute Gasteiger partial charge is 0.0286 e. The van der Waals surface area contributed by atoms with E-state index in [1.807, 2.05) is 0 Å². The largest absolute Gasteiger partial charge is 0.254 e. The topological polar surface area (TPSA) is 23.8 Å². The highest BCUT2D eigenvalue weighted by molar-refractivity contribution is 4.79. The van der Waals surface area contributed by atoms with Gasteiger partial charge >= 0.3 is 0 Å². The lowest BCUT2D eigenvalue weighted by atomic mass is 9.79. The third kappa shape index (κ3) is 2.70. The van der Waals surface area contributed by atoms with Crippen LogP contribution in [0, 0.1) is 11.3 Å².